The molecule has 104 valence electrons. The van der Waals surface area contributed by atoms with Crippen molar-refractivity contribution in [2.75, 3.05) is 18.0 Å². The minimum Gasteiger partial charge on any atom is -0.384 e. The molecule has 1 fully saturated rings. The Balaban J connectivity index is 2.17. The average molecular weight is 324 g/mol. The lowest BCUT2D eigenvalue weighted by atomic mass is 9.86. The number of nitrogens with two attached hydrogens (primary N) is 1. The van der Waals surface area contributed by atoms with Crippen LogP contribution >= 0.6 is 15.9 Å². The predicted molar refractivity (Wildman–Crippen MR) is 84.9 cm³/mol. The van der Waals surface area contributed by atoms with Crippen molar-refractivity contribution in [2.24, 2.45) is 17.6 Å². The molecule has 19 heavy (non-hydrogen) atoms. The number of benzene rings is 1. The number of nitrogens with zero attached hydrogens (tertiary/aromatic N) is 1. The van der Waals surface area contributed by atoms with Crippen molar-refractivity contribution in [1.29, 1.82) is 5.41 Å². The molecule has 3 nitrogen and oxygen atoms in total. The Morgan fingerprint density at radius 3 is 2.53 bits per heavy atom. The van der Waals surface area contributed by atoms with Gasteiger partial charge in [0.2, 0.25) is 0 Å². The zero-order valence-corrected chi connectivity index (χ0v) is 13.2. The molecule has 0 saturated carbocycles. The van der Waals surface area contributed by atoms with Crippen LogP contribution in [0.1, 0.15) is 32.3 Å². The van der Waals surface area contributed by atoms with Crippen LogP contribution in [0.5, 0.6) is 0 Å². The number of nitrogen functional groups attached to an aromatic ring is 1. The number of hydrogen-bond acceptors (Lipinski definition) is 2. The molecule has 0 amide bonds. The molecule has 1 aromatic rings. The van der Waals surface area contributed by atoms with Gasteiger partial charge in [-0.25, -0.2) is 0 Å². The molecule has 1 aliphatic rings. The highest BCUT2D eigenvalue weighted by atomic mass is 79.9. The number of piperidine rings is 1. The molecule has 1 aliphatic heterocycles. The number of anilines is 1. The lowest BCUT2D eigenvalue weighted by molar-refractivity contribution is 0.311. The predicted octanol–water partition coefficient (Wildman–Crippen LogP) is 3.61. The fourth-order valence-corrected chi connectivity index (χ4v) is 3.17. The third-order valence-corrected chi connectivity index (χ3v) is 4.57. The second-order valence-electron chi connectivity index (χ2n) is 5.64. The van der Waals surface area contributed by atoms with Gasteiger partial charge in [0.25, 0.3) is 0 Å². The van der Waals surface area contributed by atoms with Crippen molar-refractivity contribution < 1.29 is 0 Å². The van der Waals surface area contributed by atoms with Gasteiger partial charge in [0.15, 0.2) is 0 Å². The van der Waals surface area contributed by atoms with Crippen LogP contribution in [0.25, 0.3) is 0 Å². The van der Waals surface area contributed by atoms with Gasteiger partial charge in [-0.1, -0.05) is 29.8 Å². The van der Waals surface area contributed by atoms with Crippen LogP contribution < -0.4 is 10.6 Å². The van der Waals surface area contributed by atoms with E-state index in [0.29, 0.717) is 0 Å². The summed E-state index contributed by atoms with van der Waals surface area (Å²) < 4.78 is 0.971. The second-order valence-corrected chi connectivity index (χ2v) is 6.56. The summed E-state index contributed by atoms with van der Waals surface area (Å²) in [6, 6.07) is 6.03. The molecule has 1 heterocycles. The van der Waals surface area contributed by atoms with E-state index in [1.165, 1.54) is 12.8 Å². The van der Waals surface area contributed by atoms with E-state index >= 15 is 0 Å². The Hall–Kier alpha value is -1.03. The van der Waals surface area contributed by atoms with Crippen LogP contribution in [0.15, 0.2) is 22.7 Å². The van der Waals surface area contributed by atoms with Gasteiger partial charge in [0.1, 0.15) is 5.84 Å². The largest absolute Gasteiger partial charge is 0.384 e. The smallest absolute Gasteiger partial charge is 0.124 e. The maximum absolute atomic E-state index is 7.73. The molecular weight excluding hydrogens is 302 g/mol. The van der Waals surface area contributed by atoms with Gasteiger partial charge in [0.05, 0.1) is 0 Å². The highest BCUT2D eigenvalue weighted by molar-refractivity contribution is 9.10. The zero-order chi connectivity index (χ0) is 14.0. The fourth-order valence-electron chi connectivity index (χ4n) is 2.81. The standard InChI is InChI=1S/C15H22BrN3/c1-10(2)11-5-7-19(8-6-11)14-4-3-12(16)9-13(14)15(17)18/h3-4,9-11H,5-8H2,1-2H3,(H3,17,18). The summed E-state index contributed by atoms with van der Waals surface area (Å²) in [5.41, 5.74) is 7.63. The topological polar surface area (TPSA) is 53.1 Å². The van der Waals surface area contributed by atoms with Gasteiger partial charge < -0.3 is 10.6 Å². The van der Waals surface area contributed by atoms with Crippen molar-refractivity contribution in [3.63, 3.8) is 0 Å². The van der Waals surface area contributed by atoms with Crippen LogP contribution in [0.2, 0.25) is 0 Å². The quantitative estimate of drug-likeness (QED) is 0.659. The molecule has 4 heteroatoms. The van der Waals surface area contributed by atoms with E-state index in [4.69, 9.17) is 11.1 Å². The van der Waals surface area contributed by atoms with E-state index in [1.807, 2.05) is 12.1 Å². The molecule has 0 unspecified atom stereocenters. The fraction of sp³-hybridized carbons (Fsp3) is 0.533. The van der Waals surface area contributed by atoms with Crippen molar-refractivity contribution in [2.45, 2.75) is 26.7 Å². The van der Waals surface area contributed by atoms with E-state index in [-0.39, 0.29) is 5.84 Å². The van der Waals surface area contributed by atoms with Gasteiger partial charge in [-0.3, -0.25) is 5.41 Å². The Morgan fingerprint density at radius 2 is 2.00 bits per heavy atom. The highest BCUT2D eigenvalue weighted by Gasteiger charge is 2.23. The number of amidine groups is 1. The summed E-state index contributed by atoms with van der Waals surface area (Å²) in [4.78, 5) is 2.36. The highest BCUT2D eigenvalue weighted by Crippen LogP contribution is 2.30. The molecule has 0 radical (unpaired) electrons. The Labute approximate surface area is 123 Å². The van der Waals surface area contributed by atoms with Crippen LogP contribution in [0, 0.1) is 17.2 Å². The minimum absolute atomic E-state index is 0.141. The number of nitrogens with one attached hydrogen (secondary N) is 1. The molecule has 1 saturated heterocycles. The summed E-state index contributed by atoms with van der Waals surface area (Å²) in [5.74, 6) is 1.73. The lowest BCUT2D eigenvalue weighted by Crippen LogP contribution is -2.36. The molecule has 0 aliphatic carbocycles. The molecule has 1 aromatic carbocycles. The van der Waals surface area contributed by atoms with Crippen LogP contribution in [-0.2, 0) is 0 Å². The summed E-state index contributed by atoms with van der Waals surface area (Å²) >= 11 is 3.45. The summed E-state index contributed by atoms with van der Waals surface area (Å²) in [6.45, 7) is 6.73. The summed E-state index contributed by atoms with van der Waals surface area (Å²) in [6.07, 6.45) is 2.45. The van der Waals surface area contributed by atoms with E-state index in [2.05, 4.69) is 40.7 Å². The van der Waals surface area contributed by atoms with Gasteiger partial charge in [-0.05, 0) is 42.9 Å². The molecule has 0 bridgehead atoms. The third-order valence-electron chi connectivity index (χ3n) is 4.07. The minimum atomic E-state index is 0.141. The lowest BCUT2D eigenvalue weighted by Gasteiger charge is -2.36. The van der Waals surface area contributed by atoms with Crippen molar-refractivity contribution in [3.05, 3.63) is 28.2 Å². The van der Waals surface area contributed by atoms with Crippen molar-refractivity contribution >= 4 is 27.5 Å². The monoisotopic (exact) mass is 323 g/mol. The molecular formula is C15H22BrN3. The van der Waals surface area contributed by atoms with Crippen molar-refractivity contribution in [3.8, 4) is 0 Å². The molecule has 3 N–H and O–H groups in total. The maximum Gasteiger partial charge on any atom is 0.124 e. The summed E-state index contributed by atoms with van der Waals surface area (Å²) in [7, 11) is 0. The number of halogens is 1. The van der Waals surface area contributed by atoms with Gasteiger partial charge in [0, 0.05) is 28.8 Å². The van der Waals surface area contributed by atoms with Crippen LogP contribution in [0.4, 0.5) is 5.69 Å². The maximum atomic E-state index is 7.73. The van der Waals surface area contributed by atoms with Crippen LogP contribution in [0.3, 0.4) is 0 Å². The normalized spacial score (nSPS) is 16.9. The Bertz CT molecular complexity index is 462. The summed E-state index contributed by atoms with van der Waals surface area (Å²) in [5, 5.41) is 7.73. The SMILES string of the molecule is CC(C)C1CCN(c2ccc(Br)cc2C(=N)N)CC1. The Morgan fingerprint density at radius 1 is 1.37 bits per heavy atom. The zero-order valence-electron chi connectivity index (χ0n) is 11.6. The van der Waals surface area contributed by atoms with Gasteiger partial charge >= 0.3 is 0 Å². The first-order chi connectivity index (χ1) is 8.99. The van der Waals surface area contributed by atoms with E-state index in [0.717, 1.165) is 40.6 Å². The van der Waals surface area contributed by atoms with Gasteiger partial charge in [-0.15, -0.1) is 0 Å². The number of hydrogen-bond donors (Lipinski definition) is 2. The van der Waals surface area contributed by atoms with E-state index in [1.54, 1.807) is 0 Å². The molecule has 0 aromatic heterocycles. The van der Waals surface area contributed by atoms with E-state index < -0.39 is 0 Å². The second kappa shape index (κ2) is 5.95. The molecule has 2 rings (SSSR count). The number of rotatable bonds is 3. The first kappa shape index (κ1) is 14.4. The molecule has 0 spiro atoms. The van der Waals surface area contributed by atoms with Crippen LogP contribution in [-0.4, -0.2) is 18.9 Å². The molecule has 0 atom stereocenters. The Kier molecular flexibility index (Phi) is 4.50. The van der Waals surface area contributed by atoms with Gasteiger partial charge in [-0.2, -0.15) is 0 Å². The van der Waals surface area contributed by atoms with E-state index in [9.17, 15) is 0 Å². The third kappa shape index (κ3) is 3.30. The first-order valence-electron chi connectivity index (χ1n) is 6.88. The average Bonchev–Trinajstić information content (AvgIpc) is 2.38. The first-order valence-corrected chi connectivity index (χ1v) is 7.67. The van der Waals surface area contributed by atoms with Crippen molar-refractivity contribution in [1.82, 2.24) is 0 Å².